The van der Waals surface area contributed by atoms with Gasteiger partial charge in [-0.05, 0) is 43.2 Å². The molecule has 0 unspecified atom stereocenters. The van der Waals surface area contributed by atoms with Crippen LogP contribution in [-0.2, 0) is 4.74 Å². The number of hydrogen-bond donors (Lipinski definition) is 4. The van der Waals surface area contributed by atoms with Gasteiger partial charge in [0.1, 0.15) is 12.4 Å². The lowest BCUT2D eigenvalue weighted by Crippen LogP contribution is -2.43. The van der Waals surface area contributed by atoms with Gasteiger partial charge in [-0.2, -0.15) is 0 Å². The quantitative estimate of drug-likeness (QED) is 0.351. The number of ether oxygens (including phenoxy) is 2. The normalized spacial score (nSPS) is 18.0. The van der Waals surface area contributed by atoms with Crippen LogP contribution in [0, 0.1) is 5.82 Å². The molecule has 0 bridgehead atoms. The van der Waals surface area contributed by atoms with Crippen molar-refractivity contribution in [3.05, 3.63) is 47.8 Å². The van der Waals surface area contributed by atoms with Crippen LogP contribution in [0.3, 0.4) is 0 Å². The first-order valence-electron chi connectivity index (χ1n) is 11.3. The molecule has 0 spiro atoms. The van der Waals surface area contributed by atoms with Crippen molar-refractivity contribution >= 4 is 34.1 Å². The molecule has 10 heteroatoms. The van der Waals surface area contributed by atoms with E-state index < -0.39 is 11.7 Å². The average Bonchev–Trinajstić information content (AvgIpc) is 2.82. The summed E-state index contributed by atoms with van der Waals surface area (Å²) in [5, 5.41) is 7.05. The number of pyridine rings is 2. The predicted molar refractivity (Wildman–Crippen MR) is 129 cm³/mol. The van der Waals surface area contributed by atoms with Crippen molar-refractivity contribution in [2.24, 2.45) is 11.5 Å². The van der Waals surface area contributed by atoms with Gasteiger partial charge in [-0.15, -0.1) is 0 Å². The van der Waals surface area contributed by atoms with Crippen molar-refractivity contribution < 1.29 is 18.7 Å². The second-order valence-corrected chi connectivity index (χ2v) is 8.30. The summed E-state index contributed by atoms with van der Waals surface area (Å²) in [6, 6.07) is 10.0. The van der Waals surface area contributed by atoms with Crippen LogP contribution in [0.4, 0.5) is 21.7 Å². The number of carbonyl (C=O) groups is 1. The Balaban J connectivity index is 1.58. The molecule has 2 aromatic heterocycles. The van der Waals surface area contributed by atoms with Crippen LogP contribution in [0.2, 0.25) is 0 Å². The molecule has 1 aromatic carbocycles. The van der Waals surface area contributed by atoms with E-state index in [4.69, 9.17) is 20.9 Å². The SMILES string of the molecule is COCCOc1ccc2cc(Nc3nc(N[C@@H]4CCCC[C@@H]4N)c(F)cc3C(N)=O)ccc2n1. The number of nitrogens with zero attached hydrogens (tertiary/aromatic N) is 2. The van der Waals surface area contributed by atoms with Crippen LogP contribution in [0.1, 0.15) is 36.0 Å². The van der Waals surface area contributed by atoms with Crippen molar-refractivity contribution in [1.29, 1.82) is 0 Å². The fourth-order valence-corrected chi connectivity index (χ4v) is 4.02. The Morgan fingerprint density at radius 1 is 1.12 bits per heavy atom. The maximum atomic E-state index is 14.7. The first kappa shape index (κ1) is 23.7. The van der Waals surface area contributed by atoms with E-state index in [-0.39, 0.29) is 29.3 Å². The number of nitrogens with one attached hydrogen (secondary N) is 2. The second kappa shape index (κ2) is 10.6. The highest BCUT2D eigenvalue weighted by Gasteiger charge is 2.24. The highest BCUT2D eigenvalue weighted by Crippen LogP contribution is 2.28. The standard InChI is InChI=1S/C24H29FN6O3/c1-33-10-11-34-21-9-6-14-12-15(7-8-19(14)29-21)28-23-16(22(27)32)13-17(25)24(31-23)30-20-5-3-2-4-18(20)26/h6-9,12-13,18,20H,2-5,10-11,26H2,1H3,(H2,27,32)(H2,28,30,31)/t18-,20+/m0/s1. The molecule has 34 heavy (non-hydrogen) atoms. The van der Waals surface area contributed by atoms with Gasteiger partial charge in [-0.25, -0.2) is 14.4 Å². The predicted octanol–water partition coefficient (Wildman–Crippen LogP) is 3.32. The molecule has 0 saturated heterocycles. The molecule has 1 aliphatic rings. The lowest BCUT2D eigenvalue weighted by Gasteiger charge is -2.30. The number of rotatable bonds is 9. The maximum Gasteiger partial charge on any atom is 0.252 e. The van der Waals surface area contributed by atoms with E-state index in [2.05, 4.69) is 20.6 Å². The average molecular weight is 469 g/mol. The number of aromatic nitrogens is 2. The van der Waals surface area contributed by atoms with Crippen LogP contribution in [-0.4, -0.2) is 48.3 Å². The first-order valence-corrected chi connectivity index (χ1v) is 11.3. The zero-order chi connectivity index (χ0) is 24.1. The molecule has 1 saturated carbocycles. The largest absolute Gasteiger partial charge is 0.475 e. The van der Waals surface area contributed by atoms with Gasteiger partial charge in [0, 0.05) is 36.3 Å². The van der Waals surface area contributed by atoms with Crippen molar-refractivity contribution in [1.82, 2.24) is 9.97 Å². The van der Waals surface area contributed by atoms with Crippen molar-refractivity contribution in [3.8, 4) is 5.88 Å². The molecule has 9 nitrogen and oxygen atoms in total. The maximum absolute atomic E-state index is 14.7. The minimum Gasteiger partial charge on any atom is -0.475 e. The van der Waals surface area contributed by atoms with Gasteiger partial charge < -0.3 is 31.6 Å². The highest BCUT2D eigenvalue weighted by molar-refractivity contribution is 5.99. The first-order chi connectivity index (χ1) is 16.4. The molecule has 0 radical (unpaired) electrons. The van der Waals surface area contributed by atoms with Gasteiger partial charge in [-0.3, -0.25) is 4.79 Å². The Hall–Kier alpha value is -3.50. The summed E-state index contributed by atoms with van der Waals surface area (Å²) in [6.07, 6.45) is 3.77. The number of hydrogen-bond acceptors (Lipinski definition) is 8. The molecular formula is C24H29FN6O3. The number of primary amides is 1. The third-order valence-corrected chi connectivity index (χ3v) is 5.85. The minimum absolute atomic E-state index is 0.0372. The molecule has 0 aliphatic heterocycles. The van der Waals surface area contributed by atoms with E-state index >= 15 is 0 Å². The monoisotopic (exact) mass is 468 g/mol. The summed E-state index contributed by atoms with van der Waals surface area (Å²) >= 11 is 0. The fraction of sp³-hybridized carbons (Fsp3) is 0.375. The van der Waals surface area contributed by atoms with Gasteiger partial charge in [0.2, 0.25) is 5.88 Å². The smallest absolute Gasteiger partial charge is 0.252 e. The fourth-order valence-electron chi connectivity index (χ4n) is 4.02. The Morgan fingerprint density at radius 2 is 1.94 bits per heavy atom. The van der Waals surface area contributed by atoms with Gasteiger partial charge in [0.15, 0.2) is 11.6 Å². The van der Waals surface area contributed by atoms with E-state index in [0.717, 1.165) is 42.7 Å². The number of nitrogens with two attached hydrogens (primary N) is 2. The summed E-state index contributed by atoms with van der Waals surface area (Å²) in [4.78, 5) is 20.8. The summed E-state index contributed by atoms with van der Waals surface area (Å²) in [7, 11) is 1.61. The number of methoxy groups -OCH3 is 1. The Bertz CT molecular complexity index is 1170. The molecule has 180 valence electrons. The Kier molecular flexibility index (Phi) is 7.39. The zero-order valence-corrected chi connectivity index (χ0v) is 19.0. The lowest BCUT2D eigenvalue weighted by atomic mass is 9.91. The van der Waals surface area contributed by atoms with Crippen molar-refractivity contribution in [3.63, 3.8) is 0 Å². The van der Waals surface area contributed by atoms with E-state index in [0.29, 0.717) is 24.8 Å². The van der Waals surface area contributed by atoms with Crippen LogP contribution < -0.4 is 26.8 Å². The van der Waals surface area contributed by atoms with E-state index in [1.165, 1.54) is 0 Å². The molecular weight excluding hydrogens is 439 g/mol. The molecule has 4 rings (SSSR count). The molecule has 2 heterocycles. The summed E-state index contributed by atoms with van der Waals surface area (Å²) in [5.41, 5.74) is 13.0. The summed E-state index contributed by atoms with van der Waals surface area (Å²) < 4.78 is 25.3. The molecule has 1 fully saturated rings. The van der Waals surface area contributed by atoms with E-state index in [1.807, 2.05) is 18.2 Å². The third kappa shape index (κ3) is 5.52. The second-order valence-electron chi connectivity index (χ2n) is 8.30. The van der Waals surface area contributed by atoms with Crippen LogP contribution >= 0.6 is 0 Å². The lowest BCUT2D eigenvalue weighted by molar-refractivity contribution is 0.100. The molecule has 2 atom stereocenters. The number of anilines is 3. The molecule has 1 amide bonds. The number of fused-ring (bicyclic) bond motifs is 1. The van der Waals surface area contributed by atoms with Gasteiger partial charge in [-0.1, -0.05) is 12.8 Å². The van der Waals surface area contributed by atoms with Crippen LogP contribution in [0.5, 0.6) is 5.88 Å². The minimum atomic E-state index is -0.782. The summed E-state index contributed by atoms with van der Waals surface area (Å²) in [6.45, 7) is 0.877. The van der Waals surface area contributed by atoms with Crippen molar-refractivity contribution in [2.45, 2.75) is 37.8 Å². The topological polar surface area (TPSA) is 137 Å². The third-order valence-electron chi connectivity index (χ3n) is 5.85. The number of carbonyl (C=O) groups excluding carboxylic acids is 1. The number of amides is 1. The van der Waals surface area contributed by atoms with Crippen LogP contribution in [0.25, 0.3) is 10.9 Å². The zero-order valence-electron chi connectivity index (χ0n) is 19.0. The molecule has 1 aliphatic carbocycles. The van der Waals surface area contributed by atoms with E-state index in [9.17, 15) is 9.18 Å². The van der Waals surface area contributed by atoms with Gasteiger partial charge in [0.05, 0.1) is 17.7 Å². The van der Waals surface area contributed by atoms with E-state index in [1.54, 1.807) is 19.2 Å². The number of halogens is 1. The summed E-state index contributed by atoms with van der Waals surface area (Å²) in [5.74, 6) is -0.739. The van der Waals surface area contributed by atoms with Gasteiger partial charge in [0.25, 0.3) is 5.91 Å². The Morgan fingerprint density at radius 3 is 2.71 bits per heavy atom. The molecule has 3 aromatic rings. The van der Waals surface area contributed by atoms with Gasteiger partial charge >= 0.3 is 0 Å². The van der Waals surface area contributed by atoms with Crippen LogP contribution in [0.15, 0.2) is 36.4 Å². The Labute approximate surface area is 197 Å². The van der Waals surface area contributed by atoms with Crippen molar-refractivity contribution in [2.75, 3.05) is 31.0 Å². The molecule has 6 N–H and O–H groups in total. The number of benzene rings is 1. The highest BCUT2D eigenvalue weighted by atomic mass is 19.1.